The Bertz CT molecular complexity index is 146. The van der Waals surface area contributed by atoms with Crippen LogP contribution in [0.5, 0.6) is 0 Å². The van der Waals surface area contributed by atoms with E-state index in [-0.39, 0.29) is 6.04 Å². The fourth-order valence-corrected chi connectivity index (χ4v) is 1.79. The van der Waals surface area contributed by atoms with E-state index in [0.717, 1.165) is 26.1 Å². The normalized spacial score (nSPS) is 26.4. The zero-order chi connectivity index (χ0) is 10.4. The van der Waals surface area contributed by atoms with Crippen LogP contribution in [0.1, 0.15) is 33.1 Å². The fraction of sp³-hybridized carbons (Fsp3) is 1.00. The molecule has 0 aliphatic carbocycles. The lowest BCUT2D eigenvalue weighted by Crippen LogP contribution is -2.36. The average molecular weight is 201 g/mol. The van der Waals surface area contributed by atoms with E-state index in [1.165, 1.54) is 6.42 Å². The first-order valence-electron chi connectivity index (χ1n) is 5.69. The maximum Gasteiger partial charge on any atom is 0.0624 e. The number of hydrogen-bond donors (Lipinski definition) is 1. The molecule has 3 atom stereocenters. The van der Waals surface area contributed by atoms with E-state index in [0.29, 0.717) is 18.6 Å². The van der Waals surface area contributed by atoms with Crippen LogP contribution in [0.4, 0.5) is 0 Å². The summed E-state index contributed by atoms with van der Waals surface area (Å²) in [4.78, 5) is 0. The van der Waals surface area contributed by atoms with Crippen LogP contribution in [0.3, 0.4) is 0 Å². The van der Waals surface area contributed by atoms with Gasteiger partial charge in [0.25, 0.3) is 0 Å². The first kappa shape index (κ1) is 12.0. The second-order valence-electron chi connectivity index (χ2n) is 4.22. The van der Waals surface area contributed by atoms with E-state index in [1.807, 2.05) is 0 Å². The van der Waals surface area contributed by atoms with Crippen molar-refractivity contribution in [1.82, 2.24) is 0 Å². The quantitative estimate of drug-likeness (QED) is 0.709. The van der Waals surface area contributed by atoms with Crippen molar-refractivity contribution in [2.75, 3.05) is 19.8 Å². The molecule has 1 saturated heterocycles. The Hall–Kier alpha value is -0.120. The molecule has 0 aromatic rings. The standard InChI is InChI=1S/C11H23NO2/c1-3-4-9(2)14-8-11(12)10-5-6-13-7-10/h9-11H,3-8,12H2,1-2H3. The van der Waals surface area contributed by atoms with Crippen LogP contribution in [0, 0.1) is 5.92 Å². The van der Waals surface area contributed by atoms with Crippen LogP contribution in [-0.4, -0.2) is 32.0 Å². The summed E-state index contributed by atoms with van der Waals surface area (Å²) in [5, 5.41) is 0. The minimum atomic E-state index is 0.150. The van der Waals surface area contributed by atoms with Crippen LogP contribution in [-0.2, 0) is 9.47 Å². The van der Waals surface area contributed by atoms with E-state index in [9.17, 15) is 0 Å². The largest absolute Gasteiger partial charge is 0.381 e. The summed E-state index contributed by atoms with van der Waals surface area (Å²) in [7, 11) is 0. The number of nitrogens with two attached hydrogens (primary N) is 1. The third-order valence-corrected chi connectivity index (χ3v) is 2.84. The molecule has 1 fully saturated rings. The van der Waals surface area contributed by atoms with Crippen LogP contribution in [0.2, 0.25) is 0 Å². The van der Waals surface area contributed by atoms with Crippen molar-refractivity contribution < 1.29 is 9.47 Å². The Kier molecular flexibility index (Phi) is 5.45. The Morgan fingerprint density at radius 1 is 1.57 bits per heavy atom. The van der Waals surface area contributed by atoms with Crippen molar-refractivity contribution in [3.8, 4) is 0 Å². The maximum atomic E-state index is 6.02. The van der Waals surface area contributed by atoms with Gasteiger partial charge in [0.2, 0.25) is 0 Å². The molecule has 3 heteroatoms. The molecule has 0 aromatic heterocycles. The third-order valence-electron chi connectivity index (χ3n) is 2.84. The van der Waals surface area contributed by atoms with Gasteiger partial charge in [0.15, 0.2) is 0 Å². The summed E-state index contributed by atoms with van der Waals surface area (Å²) in [6, 6.07) is 0.150. The molecule has 1 rings (SSSR count). The molecule has 3 unspecified atom stereocenters. The maximum absolute atomic E-state index is 6.02. The second-order valence-corrected chi connectivity index (χ2v) is 4.22. The first-order chi connectivity index (χ1) is 6.74. The summed E-state index contributed by atoms with van der Waals surface area (Å²) in [6.45, 7) is 6.64. The van der Waals surface area contributed by atoms with Crippen molar-refractivity contribution in [3.05, 3.63) is 0 Å². The van der Waals surface area contributed by atoms with E-state index in [4.69, 9.17) is 15.2 Å². The van der Waals surface area contributed by atoms with Gasteiger partial charge >= 0.3 is 0 Å². The zero-order valence-electron chi connectivity index (χ0n) is 9.37. The minimum absolute atomic E-state index is 0.150. The Labute approximate surface area is 86.9 Å². The number of rotatable bonds is 6. The van der Waals surface area contributed by atoms with Gasteiger partial charge in [-0.2, -0.15) is 0 Å². The predicted octanol–water partition coefficient (Wildman–Crippen LogP) is 1.56. The Balaban J connectivity index is 2.10. The molecule has 0 bridgehead atoms. The van der Waals surface area contributed by atoms with Crippen molar-refractivity contribution in [3.63, 3.8) is 0 Å². The van der Waals surface area contributed by atoms with Gasteiger partial charge < -0.3 is 15.2 Å². The first-order valence-corrected chi connectivity index (χ1v) is 5.69. The average Bonchev–Trinajstić information content (AvgIpc) is 2.67. The van der Waals surface area contributed by atoms with E-state index in [1.54, 1.807) is 0 Å². The van der Waals surface area contributed by atoms with Crippen molar-refractivity contribution in [2.45, 2.75) is 45.3 Å². The molecule has 2 N–H and O–H groups in total. The number of ether oxygens (including phenoxy) is 2. The van der Waals surface area contributed by atoms with Gasteiger partial charge in [-0.3, -0.25) is 0 Å². The lowest BCUT2D eigenvalue weighted by Gasteiger charge is -2.20. The Morgan fingerprint density at radius 3 is 2.93 bits per heavy atom. The topological polar surface area (TPSA) is 44.5 Å². The van der Waals surface area contributed by atoms with Gasteiger partial charge in [-0.1, -0.05) is 13.3 Å². The summed E-state index contributed by atoms with van der Waals surface area (Å²) in [6.07, 6.45) is 3.72. The summed E-state index contributed by atoms with van der Waals surface area (Å²) < 4.78 is 11.0. The summed E-state index contributed by atoms with van der Waals surface area (Å²) >= 11 is 0. The lowest BCUT2D eigenvalue weighted by atomic mass is 10.0. The lowest BCUT2D eigenvalue weighted by molar-refractivity contribution is 0.0392. The second kappa shape index (κ2) is 6.38. The molecule has 0 aromatic carbocycles. The highest BCUT2D eigenvalue weighted by atomic mass is 16.5. The SMILES string of the molecule is CCCC(C)OCC(N)C1CCOC1. The van der Waals surface area contributed by atoms with Gasteiger partial charge in [0, 0.05) is 18.6 Å². The van der Waals surface area contributed by atoms with Crippen molar-refractivity contribution >= 4 is 0 Å². The molecular weight excluding hydrogens is 178 g/mol. The molecule has 1 heterocycles. The van der Waals surface area contributed by atoms with Gasteiger partial charge in [0.05, 0.1) is 19.3 Å². The highest BCUT2D eigenvalue weighted by molar-refractivity contribution is 4.76. The van der Waals surface area contributed by atoms with Crippen LogP contribution in [0.15, 0.2) is 0 Å². The summed E-state index contributed by atoms with van der Waals surface area (Å²) in [5.41, 5.74) is 6.02. The molecule has 1 aliphatic heterocycles. The summed E-state index contributed by atoms with van der Waals surface area (Å²) in [5.74, 6) is 0.504. The molecule has 0 radical (unpaired) electrons. The van der Waals surface area contributed by atoms with Gasteiger partial charge in [0.1, 0.15) is 0 Å². The molecule has 3 nitrogen and oxygen atoms in total. The molecule has 0 amide bonds. The van der Waals surface area contributed by atoms with Crippen LogP contribution >= 0.6 is 0 Å². The fourth-order valence-electron chi connectivity index (χ4n) is 1.79. The monoisotopic (exact) mass is 201 g/mol. The highest BCUT2D eigenvalue weighted by Crippen LogP contribution is 2.16. The van der Waals surface area contributed by atoms with Crippen LogP contribution < -0.4 is 5.73 Å². The number of hydrogen-bond acceptors (Lipinski definition) is 3. The molecular formula is C11H23NO2. The molecule has 0 spiro atoms. The van der Waals surface area contributed by atoms with Gasteiger partial charge in [-0.05, 0) is 19.8 Å². The van der Waals surface area contributed by atoms with E-state index in [2.05, 4.69) is 13.8 Å². The zero-order valence-corrected chi connectivity index (χ0v) is 9.37. The van der Waals surface area contributed by atoms with E-state index >= 15 is 0 Å². The minimum Gasteiger partial charge on any atom is -0.381 e. The smallest absolute Gasteiger partial charge is 0.0624 e. The van der Waals surface area contributed by atoms with E-state index < -0.39 is 0 Å². The molecule has 0 saturated carbocycles. The molecule has 84 valence electrons. The van der Waals surface area contributed by atoms with Gasteiger partial charge in [-0.25, -0.2) is 0 Å². The van der Waals surface area contributed by atoms with Crippen LogP contribution in [0.25, 0.3) is 0 Å². The highest BCUT2D eigenvalue weighted by Gasteiger charge is 2.23. The molecule has 14 heavy (non-hydrogen) atoms. The Morgan fingerprint density at radius 2 is 2.36 bits per heavy atom. The predicted molar refractivity (Wildman–Crippen MR) is 57.2 cm³/mol. The third kappa shape index (κ3) is 3.95. The van der Waals surface area contributed by atoms with Gasteiger partial charge in [-0.15, -0.1) is 0 Å². The van der Waals surface area contributed by atoms with Crippen molar-refractivity contribution in [1.29, 1.82) is 0 Å². The van der Waals surface area contributed by atoms with Crippen molar-refractivity contribution in [2.24, 2.45) is 11.7 Å². The molecule has 1 aliphatic rings.